The minimum absolute atomic E-state index is 0.636. The molecule has 1 aliphatic heterocycles. The monoisotopic (exact) mass is 367 g/mol. The van der Waals surface area contributed by atoms with Crippen LogP contribution in [0.3, 0.4) is 0 Å². The fourth-order valence-corrected chi connectivity index (χ4v) is 4.03. The molecule has 5 rings (SSSR count). The standard InChI is InChI=1S/C17H17N7OS/c1-2-12-13(7-11(1)8-24-3-5-25-6-4-24)26-17(22-12)23-16-14-15(19-9-18-14)20-10-21-16/h1-2,7,9-10H,3-6,8H2,(H2,18,19,20,21,22,23). The normalized spacial score (nSPS) is 15.7. The van der Waals surface area contributed by atoms with E-state index in [1.807, 2.05) is 0 Å². The van der Waals surface area contributed by atoms with Gasteiger partial charge in [-0.05, 0) is 17.7 Å². The van der Waals surface area contributed by atoms with E-state index in [0.29, 0.717) is 11.5 Å². The first-order chi connectivity index (χ1) is 12.8. The first-order valence-electron chi connectivity index (χ1n) is 8.46. The molecule has 0 unspecified atom stereocenters. The summed E-state index contributed by atoms with van der Waals surface area (Å²) in [5.74, 6) is 0.681. The van der Waals surface area contributed by atoms with Crippen LogP contribution in [0.2, 0.25) is 0 Å². The Morgan fingerprint density at radius 2 is 2.12 bits per heavy atom. The Bertz CT molecular complexity index is 1050. The summed E-state index contributed by atoms with van der Waals surface area (Å²) in [5.41, 5.74) is 3.70. The summed E-state index contributed by atoms with van der Waals surface area (Å²) < 4.78 is 6.58. The highest BCUT2D eigenvalue weighted by Gasteiger charge is 2.13. The number of aromatic amines is 1. The number of morpholine rings is 1. The summed E-state index contributed by atoms with van der Waals surface area (Å²) in [4.78, 5) is 22.7. The van der Waals surface area contributed by atoms with Crippen molar-refractivity contribution in [3.8, 4) is 0 Å². The minimum atomic E-state index is 0.636. The van der Waals surface area contributed by atoms with Crippen molar-refractivity contribution >= 4 is 43.7 Å². The topological polar surface area (TPSA) is 91.8 Å². The van der Waals surface area contributed by atoms with E-state index < -0.39 is 0 Å². The maximum absolute atomic E-state index is 5.42. The fourth-order valence-electron chi connectivity index (χ4n) is 3.10. The molecule has 4 heterocycles. The van der Waals surface area contributed by atoms with Crippen LogP contribution in [0.25, 0.3) is 21.4 Å². The number of benzene rings is 1. The molecule has 8 nitrogen and oxygen atoms in total. The van der Waals surface area contributed by atoms with Crippen LogP contribution in [0.15, 0.2) is 30.9 Å². The van der Waals surface area contributed by atoms with Crippen molar-refractivity contribution < 1.29 is 4.74 Å². The predicted molar refractivity (Wildman–Crippen MR) is 101 cm³/mol. The lowest BCUT2D eigenvalue weighted by molar-refractivity contribution is 0.0342. The first kappa shape index (κ1) is 15.6. The maximum Gasteiger partial charge on any atom is 0.189 e. The molecule has 1 aliphatic rings. The molecule has 1 fully saturated rings. The van der Waals surface area contributed by atoms with Gasteiger partial charge in [0.15, 0.2) is 16.6 Å². The van der Waals surface area contributed by atoms with Gasteiger partial charge in [0.1, 0.15) is 11.8 Å². The van der Waals surface area contributed by atoms with Crippen molar-refractivity contribution in [2.75, 3.05) is 31.6 Å². The van der Waals surface area contributed by atoms with Crippen molar-refractivity contribution in [1.82, 2.24) is 29.8 Å². The molecule has 0 amide bonds. The molecule has 4 aromatic rings. The molecule has 1 saturated heterocycles. The van der Waals surface area contributed by atoms with Crippen molar-refractivity contribution in [3.05, 3.63) is 36.4 Å². The lowest BCUT2D eigenvalue weighted by atomic mass is 10.2. The van der Waals surface area contributed by atoms with E-state index in [2.05, 4.69) is 53.3 Å². The summed E-state index contributed by atoms with van der Waals surface area (Å²) >= 11 is 1.62. The number of imidazole rings is 1. The van der Waals surface area contributed by atoms with Crippen LogP contribution in [0.5, 0.6) is 0 Å². The lowest BCUT2D eigenvalue weighted by Gasteiger charge is -2.26. The average molecular weight is 367 g/mol. The van der Waals surface area contributed by atoms with Crippen LogP contribution in [-0.4, -0.2) is 56.1 Å². The second kappa shape index (κ2) is 6.60. The summed E-state index contributed by atoms with van der Waals surface area (Å²) in [6.07, 6.45) is 3.11. The van der Waals surface area contributed by atoms with Crippen LogP contribution in [0.1, 0.15) is 5.56 Å². The third-order valence-electron chi connectivity index (χ3n) is 4.41. The average Bonchev–Trinajstić information content (AvgIpc) is 3.29. The molecule has 0 aliphatic carbocycles. The zero-order chi connectivity index (χ0) is 17.3. The van der Waals surface area contributed by atoms with Gasteiger partial charge in [0, 0.05) is 19.6 Å². The Morgan fingerprint density at radius 1 is 1.19 bits per heavy atom. The summed E-state index contributed by atoms with van der Waals surface area (Å²) in [6, 6.07) is 6.46. The quantitative estimate of drug-likeness (QED) is 0.573. The maximum atomic E-state index is 5.42. The zero-order valence-corrected chi connectivity index (χ0v) is 14.8. The number of nitrogens with one attached hydrogen (secondary N) is 2. The van der Waals surface area contributed by atoms with Gasteiger partial charge in [0.25, 0.3) is 0 Å². The number of thiazole rings is 1. The second-order valence-corrected chi connectivity index (χ2v) is 7.19. The Morgan fingerprint density at radius 3 is 3.04 bits per heavy atom. The number of hydrogen-bond acceptors (Lipinski definition) is 8. The molecule has 2 N–H and O–H groups in total. The smallest absolute Gasteiger partial charge is 0.189 e. The molecular weight excluding hydrogens is 350 g/mol. The van der Waals surface area contributed by atoms with Gasteiger partial charge in [0.2, 0.25) is 0 Å². The van der Waals surface area contributed by atoms with Gasteiger partial charge in [0.05, 0.1) is 29.8 Å². The van der Waals surface area contributed by atoms with E-state index in [4.69, 9.17) is 4.74 Å². The van der Waals surface area contributed by atoms with Gasteiger partial charge in [-0.25, -0.2) is 19.9 Å². The van der Waals surface area contributed by atoms with Crippen molar-refractivity contribution in [3.63, 3.8) is 0 Å². The highest BCUT2D eigenvalue weighted by Crippen LogP contribution is 2.30. The largest absolute Gasteiger partial charge is 0.379 e. The Kier molecular flexibility index (Phi) is 3.96. The highest BCUT2D eigenvalue weighted by atomic mass is 32.1. The number of ether oxygens (including phenoxy) is 1. The molecule has 132 valence electrons. The highest BCUT2D eigenvalue weighted by molar-refractivity contribution is 7.22. The first-order valence-corrected chi connectivity index (χ1v) is 9.27. The number of nitrogens with zero attached hydrogens (tertiary/aromatic N) is 5. The van der Waals surface area contributed by atoms with Gasteiger partial charge in [-0.15, -0.1) is 0 Å². The molecule has 26 heavy (non-hydrogen) atoms. The SMILES string of the molecule is c1nc(Nc2nc3ccc(CN4CCOCC4)cc3s2)c2[nH]cnc2n1. The molecule has 0 bridgehead atoms. The Labute approximate surface area is 153 Å². The molecule has 3 aromatic heterocycles. The van der Waals surface area contributed by atoms with E-state index in [-0.39, 0.29) is 0 Å². The van der Waals surface area contributed by atoms with Crippen molar-refractivity contribution in [1.29, 1.82) is 0 Å². The van der Waals surface area contributed by atoms with E-state index >= 15 is 0 Å². The van der Waals surface area contributed by atoms with Gasteiger partial charge in [-0.2, -0.15) is 0 Å². The zero-order valence-electron chi connectivity index (χ0n) is 14.0. The van der Waals surface area contributed by atoms with Crippen LogP contribution in [-0.2, 0) is 11.3 Å². The number of aromatic nitrogens is 5. The molecule has 0 spiro atoms. The summed E-state index contributed by atoms with van der Waals surface area (Å²) in [6.45, 7) is 4.55. The van der Waals surface area contributed by atoms with Crippen LogP contribution >= 0.6 is 11.3 Å². The second-order valence-electron chi connectivity index (χ2n) is 6.16. The molecule has 0 radical (unpaired) electrons. The minimum Gasteiger partial charge on any atom is -0.379 e. The summed E-state index contributed by atoms with van der Waals surface area (Å²) in [5, 5.41) is 4.09. The van der Waals surface area contributed by atoms with Gasteiger partial charge < -0.3 is 15.0 Å². The van der Waals surface area contributed by atoms with E-state index in [9.17, 15) is 0 Å². The molecule has 1 aromatic carbocycles. The Balaban J connectivity index is 1.40. The number of fused-ring (bicyclic) bond motifs is 2. The van der Waals surface area contributed by atoms with E-state index in [1.54, 1.807) is 17.7 Å². The Hall–Kier alpha value is -2.62. The van der Waals surface area contributed by atoms with E-state index in [1.165, 1.54) is 11.9 Å². The van der Waals surface area contributed by atoms with E-state index in [0.717, 1.165) is 53.7 Å². The molecule has 0 atom stereocenters. The number of H-pyrrole nitrogens is 1. The van der Waals surface area contributed by atoms with Gasteiger partial charge in [-0.3, -0.25) is 4.90 Å². The van der Waals surface area contributed by atoms with Crippen molar-refractivity contribution in [2.45, 2.75) is 6.54 Å². The number of anilines is 2. The number of rotatable bonds is 4. The third kappa shape index (κ3) is 3.00. The molecular formula is C17H17N7OS. The fraction of sp³-hybridized carbons (Fsp3) is 0.294. The third-order valence-corrected chi connectivity index (χ3v) is 5.34. The summed E-state index contributed by atoms with van der Waals surface area (Å²) in [7, 11) is 0. The molecule has 9 heteroatoms. The van der Waals surface area contributed by atoms with Crippen LogP contribution in [0.4, 0.5) is 10.9 Å². The van der Waals surface area contributed by atoms with Gasteiger partial charge in [-0.1, -0.05) is 17.4 Å². The number of hydrogen-bond donors (Lipinski definition) is 2. The van der Waals surface area contributed by atoms with Crippen LogP contribution in [0, 0.1) is 0 Å². The van der Waals surface area contributed by atoms with Crippen molar-refractivity contribution in [2.24, 2.45) is 0 Å². The van der Waals surface area contributed by atoms with Crippen LogP contribution < -0.4 is 5.32 Å². The van der Waals surface area contributed by atoms with Gasteiger partial charge >= 0.3 is 0 Å². The lowest BCUT2D eigenvalue weighted by Crippen LogP contribution is -2.35. The predicted octanol–water partition coefficient (Wildman–Crippen LogP) is 2.54. The molecule has 0 saturated carbocycles.